The Morgan fingerprint density at radius 1 is 1.05 bits per heavy atom. The SMILES string of the molecule is Cc1ccc(CNCCC(=O)NCc2ccccc2Cl)cc1. The van der Waals surface area contributed by atoms with Crippen LogP contribution in [0.25, 0.3) is 0 Å². The minimum absolute atomic E-state index is 0.0244. The van der Waals surface area contributed by atoms with Gasteiger partial charge in [-0.05, 0) is 24.1 Å². The van der Waals surface area contributed by atoms with Crippen LogP contribution in [0.5, 0.6) is 0 Å². The lowest BCUT2D eigenvalue weighted by Gasteiger charge is -2.08. The maximum absolute atomic E-state index is 11.8. The molecule has 0 unspecified atom stereocenters. The first kappa shape index (κ1) is 16.5. The number of nitrogens with one attached hydrogen (secondary N) is 2. The van der Waals surface area contributed by atoms with Crippen LogP contribution in [0, 0.1) is 6.92 Å². The van der Waals surface area contributed by atoms with Gasteiger partial charge in [-0.2, -0.15) is 0 Å². The van der Waals surface area contributed by atoms with Gasteiger partial charge in [-0.25, -0.2) is 0 Å². The second kappa shape index (κ2) is 8.57. The fourth-order valence-electron chi connectivity index (χ4n) is 2.06. The Hall–Kier alpha value is -1.84. The Labute approximate surface area is 136 Å². The zero-order valence-electron chi connectivity index (χ0n) is 12.7. The summed E-state index contributed by atoms with van der Waals surface area (Å²) in [5.74, 6) is 0.0244. The largest absolute Gasteiger partial charge is 0.352 e. The number of halogens is 1. The van der Waals surface area contributed by atoms with E-state index in [1.807, 2.05) is 24.3 Å². The molecule has 0 bridgehead atoms. The van der Waals surface area contributed by atoms with Crippen LogP contribution in [-0.4, -0.2) is 12.5 Å². The molecule has 2 aromatic carbocycles. The Bertz CT molecular complexity index is 611. The second-order valence-electron chi connectivity index (χ2n) is 5.28. The summed E-state index contributed by atoms with van der Waals surface area (Å²) in [5.41, 5.74) is 3.41. The van der Waals surface area contributed by atoms with E-state index in [4.69, 9.17) is 11.6 Å². The van der Waals surface area contributed by atoms with Crippen molar-refractivity contribution in [3.8, 4) is 0 Å². The van der Waals surface area contributed by atoms with Crippen LogP contribution in [0.15, 0.2) is 48.5 Å². The number of rotatable bonds is 7. The summed E-state index contributed by atoms with van der Waals surface area (Å²) in [5, 5.41) is 6.84. The number of hydrogen-bond donors (Lipinski definition) is 2. The Morgan fingerprint density at radius 2 is 1.77 bits per heavy atom. The van der Waals surface area contributed by atoms with Crippen molar-refractivity contribution in [3.63, 3.8) is 0 Å². The highest BCUT2D eigenvalue weighted by molar-refractivity contribution is 6.31. The fourth-order valence-corrected chi connectivity index (χ4v) is 2.27. The molecule has 0 heterocycles. The van der Waals surface area contributed by atoms with E-state index in [-0.39, 0.29) is 5.91 Å². The van der Waals surface area contributed by atoms with Crippen LogP contribution in [0.1, 0.15) is 23.1 Å². The van der Waals surface area contributed by atoms with Crippen molar-refractivity contribution >= 4 is 17.5 Å². The van der Waals surface area contributed by atoms with Gasteiger partial charge in [0, 0.05) is 31.1 Å². The molecule has 0 aliphatic heterocycles. The zero-order chi connectivity index (χ0) is 15.8. The zero-order valence-corrected chi connectivity index (χ0v) is 13.5. The highest BCUT2D eigenvalue weighted by Gasteiger charge is 2.03. The van der Waals surface area contributed by atoms with E-state index in [1.165, 1.54) is 11.1 Å². The molecule has 2 N–H and O–H groups in total. The summed E-state index contributed by atoms with van der Waals surface area (Å²) in [7, 11) is 0. The van der Waals surface area contributed by atoms with Gasteiger partial charge in [0.15, 0.2) is 0 Å². The van der Waals surface area contributed by atoms with Gasteiger partial charge in [0.1, 0.15) is 0 Å². The average molecular weight is 317 g/mol. The highest BCUT2D eigenvalue weighted by Crippen LogP contribution is 2.14. The van der Waals surface area contributed by atoms with Crippen LogP contribution < -0.4 is 10.6 Å². The molecule has 2 aromatic rings. The number of hydrogen-bond acceptors (Lipinski definition) is 2. The van der Waals surface area contributed by atoms with Crippen molar-refractivity contribution in [1.82, 2.24) is 10.6 Å². The fraction of sp³-hybridized carbons (Fsp3) is 0.278. The molecular weight excluding hydrogens is 296 g/mol. The molecule has 0 aliphatic carbocycles. The van der Waals surface area contributed by atoms with E-state index in [2.05, 4.69) is 41.8 Å². The quantitative estimate of drug-likeness (QED) is 0.768. The molecule has 0 atom stereocenters. The lowest BCUT2D eigenvalue weighted by atomic mass is 10.1. The smallest absolute Gasteiger partial charge is 0.221 e. The number of carbonyl (C=O) groups is 1. The molecule has 22 heavy (non-hydrogen) atoms. The maximum Gasteiger partial charge on any atom is 0.221 e. The molecule has 0 spiro atoms. The third kappa shape index (κ3) is 5.51. The van der Waals surface area contributed by atoms with Crippen molar-refractivity contribution in [2.75, 3.05) is 6.54 Å². The highest BCUT2D eigenvalue weighted by atomic mass is 35.5. The molecule has 4 heteroatoms. The van der Waals surface area contributed by atoms with E-state index < -0.39 is 0 Å². The summed E-state index contributed by atoms with van der Waals surface area (Å²) in [4.78, 5) is 11.8. The molecule has 3 nitrogen and oxygen atoms in total. The van der Waals surface area contributed by atoms with Crippen LogP contribution in [-0.2, 0) is 17.9 Å². The molecule has 0 saturated heterocycles. The summed E-state index contributed by atoms with van der Waals surface area (Å²) in [6.45, 7) is 3.97. The number of amides is 1. The molecule has 116 valence electrons. The van der Waals surface area contributed by atoms with Gasteiger partial charge >= 0.3 is 0 Å². The van der Waals surface area contributed by atoms with Crippen LogP contribution in [0.3, 0.4) is 0 Å². The molecule has 0 fully saturated rings. The first-order chi connectivity index (χ1) is 10.6. The Kier molecular flexibility index (Phi) is 6.44. The van der Waals surface area contributed by atoms with Crippen LogP contribution >= 0.6 is 11.6 Å². The second-order valence-corrected chi connectivity index (χ2v) is 5.69. The van der Waals surface area contributed by atoms with Crippen molar-refractivity contribution in [3.05, 3.63) is 70.2 Å². The van der Waals surface area contributed by atoms with Gasteiger partial charge < -0.3 is 10.6 Å². The Morgan fingerprint density at radius 3 is 2.50 bits per heavy atom. The molecule has 0 radical (unpaired) electrons. The lowest BCUT2D eigenvalue weighted by Crippen LogP contribution is -2.27. The topological polar surface area (TPSA) is 41.1 Å². The van der Waals surface area contributed by atoms with Gasteiger partial charge in [-0.15, -0.1) is 0 Å². The van der Waals surface area contributed by atoms with Gasteiger partial charge in [-0.3, -0.25) is 4.79 Å². The first-order valence-corrected chi connectivity index (χ1v) is 7.79. The standard InChI is InChI=1S/C18H21ClN2O/c1-14-6-8-15(9-7-14)12-20-11-10-18(22)21-13-16-4-2-3-5-17(16)19/h2-9,20H,10-13H2,1H3,(H,21,22). The van der Waals surface area contributed by atoms with Gasteiger partial charge in [0.2, 0.25) is 5.91 Å². The third-order valence-corrected chi connectivity index (χ3v) is 3.78. The van der Waals surface area contributed by atoms with Crippen molar-refractivity contribution in [2.45, 2.75) is 26.4 Å². The van der Waals surface area contributed by atoms with Gasteiger partial charge in [0.25, 0.3) is 0 Å². The monoisotopic (exact) mass is 316 g/mol. The van der Waals surface area contributed by atoms with E-state index in [0.29, 0.717) is 24.5 Å². The summed E-state index contributed by atoms with van der Waals surface area (Å²) in [6, 6.07) is 15.9. The van der Waals surface area contributed by atoms with E-state index in [9.17, 15) is 4.79 Å². The van der Waals surface area contributed by atoms with E-state index >= 15 is 0 Å². The number of benzene rings is 2. The maximum atomic E-state index is 11.8. The normalized spacial score (nSPS) is 10.5. The van der Waals surface area contributed by atoms with Crippen molar-refractivity contribution in [2.24, 2.45) is 0 Å². The number of carbonyl (C=O) groups excluding carboxylic acids is 1. The summed E-state index contributed by atoms with van der Waals surface area (Å²) in [6.07, 6.45) is 0.455. The van der Waals surface area contributed by atoms with E-state index in [0.717, 1.165) is 12.1 Å². The molecular formula is C18H21ClN2O. The molecule has 0 aromatic heterocycles. The Balaban J connectivity index is 1.64. The molecule has 2 rings (SSSR count). The lowest BCUT2D eigenvalue weighted by molar-refractivity contribution is -0.121. The summed E-state index contributed by atoms with van der Waals surface area (Å²) >= 11 is 6.05. The molecule has 0 aliphatic rings. The minimum atomic E-state index is 0.0244. The third-order valence-electron chi connectivity index (χ3n) is 3.41. The average Bonchev–Trinajstić information content (AvgIpc) is 2.52. The van der Waals surface area contributed by atoms with Crippen molar-refractivity contribution in [1.29, 1.82) is 0 Å². The minimum Gasteiger partial charge on any atom is -0.352 e. The number of aryl methyl sites for hydroxylation is 1. The van der Waals surface area contributed by atoms with Crippen LogP contribution in [0.2, 0.25) is 5.02 Å². The molecule has 0 saturated carbocycles. The van der Waals surface area contributed by atoms with Crippen LogP contribution in [0.4, 0.5) is 0 Å². The molecule has 1 amide bonds. The van der Waals surface area contributed by atoms with E-state index in [1.54, 1.807) is 0 Å². The predicted molar refractivity (Wildman–Crippen MR) is 90.8 cm³/mol. The first-order valence-electron chi connectivity index (χ1n) is 7.41. The predicted octanol–water partition coefficient (Wildman–Crippen LogP) is 3.44. The van der Waals surface area contributed by atoms with Crippen molar-refractivity contribution < 1.29 is 4.79 Å². The summed E-state index contributed by atoms with van der Waals surface area (Å²) < 4.78 is 0. The van der Waals surface area contributed by atoms with Gasteiger partial charge in [0.05, 0.1) is 0 Å². The van der Waals surface area contributed by atoms with Gasteiger partial charge in [-0.1, -0.05) is 59.6 Å².